The zero-order chi connectivity index (χ0) is 17.4. The van der Waals surface area contributed by atoms with E-state index in [0.29, 0.717) is 0 Å². The van der Waals surface area contributed by atoms with Crippen LogP contribution in [0.25, 0.3) is 0 Å². The van der Waals surface area contributed by atoms with E-state index in [2.05, 4.69) is 48.3 Å². The fourth-order valence-electron chi connectivity index (χ4n) is 2.57. The quantitative estimate of drug-likeness (QED) is 0.767. The molecule has 0 saturated carbocycles. The van der Waals surface area contributed by atoms with Crippen LogP contribution in [0.2, 0.25) is 0 Å². The molecular weight excluding hydrogens is 322 g/mol. The fourth-order valence-corrected chi connectivity index (χ4v) is 3.50. The monoisotopic (exact) mass is 351 g/mol. The van der Waals surface area contributed by atoms with Gasteiger partial charge in [0.25, 0.3) is 0 Å². The van der Waals surface area contributed by atoms with Gasteiger partial charge >= 0.3 is 6.03 Å². The summed E-state index contributed by atoms with van der Waals surface area (Å²) in [5.74, 6) is 0.894. The van der Waals surface area contributed by atoms with Crippen molar-refractivity contribution in [2.75, 3.05) is 52.2 Å². The summed E-state index contributed by atoms with van der Waals surface area (Å²) in [4.78, 5) is 17.6. The lowest BCUT2D eigenvalue weighted by Crippen LogP contribution is -2.49. The van der Waals surface area contributed by atoms with E-state index in [0.717, 1.165) is 45.1 Å². The molecule has 0 unspecified atom stereocenters. The number of urea groups is 1. The highest BCUT2D eigenvalue weighted by atomic mass is 32.2. The molecule has 1 atom stereocenters. The lowest BCUT2D eigenvalue weighted by atomic mass is 10.2. The number of benzene rings is 1. The Bertz CT molecular complexity index is 503. The molecule has 0 radical (unpaired) electrons. The summed E-state index contributed by atoms with van der Waals surface area (Å²) >= 11 is 1.78. The van der Waals surface area contributed by atoms with Gasteiger partial charge in [0.15, 0.2) is 0 Å². The van der Waals surface area contributed by atoms with Gasteiger partial charge < -0.3 is 15.0 Å². The Balaban J connectivity index is 1.64. The molecule has 24 heavy (non-hydrogen) atoms. The minimum atomic E-state index is 0.000246. The SMILES string of the molecule is Cc1ccc(SCCN(C)C(=O)N[C@@H](C)CN2CCOCC2)cc1. The first-order valence-corrected chi connectivity index (χ1v) is 9.54. The zero-order valence-electron chi connectivity index (χ0n) is 15.0. The molecule has 6 heteroatoms. The predicted molar refractivity (Wildman–Crippen MR) is 99.8 cm³/mol. The molecule has 2 rings (SSSR count). The molecule has 0 spiro atoms. The first kappa shape index (κ1) is 19.1. The van der Waals surface area contributed by atoms with Crippen LogP contribution in [0.3, 0.4) is 0 Å². The van der Waals surface area contributed by atoms with Crippen molar-refractivity contribution in [1.29, 1.82) is 0 Å². The number of ether oxygens (including phenoxy) is 1. The Morgan fingerprint density at radius 3 is 2.67 bits per heavy atom. The Morgan fingerprint density at radius 2 is 2.00 bits per heavy atom. The smallest absolute Gasteiger partial charge is 0.317 e. The van der Waals surface area contributed by atoms with Crippen molar-refractivity contribution in [2.24, 2.45) is 0 Å². The van der Waals surface area contributed by atoms with E-state index in [1.807, 2.05) is 7.05 Å². The van der Waals surface area contributed by atoms with Gasteiger partial charge in [0.05, 0.1) is 13.2 Å². The van der Waals surface area contributed by atoms with Gasteiger partial charge in [0.1, 0.15) is 0 Å². The molecule has 1 N–H and O–H groups in total. The zero-order valence-corrected chi connectivity index (χ0v) is 15.8. The highest BCUT2D eigenvalue weighted by Gasteiger charge is 2.16. The van der Waals surface area contributed by atoms with Crippen molar-refractivity contribution in [3.8, 4) is 0 Å². The van der Waals surface area contributed by atoms with Gasteiger partial charge in [0, 0.05) is 49.9 Å². The molecule has 2 amide bonds. The third-order valence-corrected chi connectivity index (χ3v) is 5.06. The van der Waals surface area contributed by atoms with Gasteiger partial charge in [-0.1, -0.05) is 17.7 Å². The van der Waals surface area contributed by atoms with E-state index in [1.54, 1.807) is 16.7 Å². The van der Waals surface area contributed by atoms with Gasteiger partial charge in [0.2, 0.25) is 0 Å². The number of aryl methyl sites for hydroxylation is 1. The second-order valence-corrected chi connectivity index (χ2v) is 7.51. The van der Waals surface area contributed by atoms with Crippen LogP contribution in [0, 0.1) is 6.92 Å². The maximum atomic E-state index is 12.2. The maximum Gasteiger partial charge on any atom is 0.317 e. The number of nitrogens with one attached hydrogen (secondary N) is 1. The van der Waals surface area contributed by atoms with Crippen LogP contribution < -0.4 is 5.32 Å². The number of carbonyl (C=O) groups is 1. The van der Waals surface area contributed by atoms with Crippen LogP contribution in [0.4, 0.5) is 4.79 Å². The minimum absolute atomic E-state index is 0.000246. The number of hydrogen-bond donors (Lipinski definition) is 1. The van der Waals surface area contributed by atoms with Crippen molar-refractivity contribution in [2.45, 2.75) is 24.8 Å². The number of morpholine rings is 1. The molecule has 1 aromatic carbocycles. The molecule has 1 heterocycles. The Hall–Kier alpha value is -1.24. The molecule has 1 fully saturated rings. The van der Waals surface area contributed by atoms with E-state index in [1.165, 1.54) is 10.5 Å². The van der Waals surface area contributed by atoms with Crippen molar-refractivity contribution in [1.82, 2.24) is 15.1 Å². The van der Waals surface area contributed by atoms with Crippen molar-refractivity contribution >= 4 is 17.8 Å². The largest absolute Gasteiger partial charge is 0.379 e. The molecule has 0 bridgehead atoms. The number of nitrogens with zero attached hydrogens (tertiary/aromatic N) is 2. The van der Waals surface area contributed by atoms with Crippen LogP contribution in [-0.2, 0) is 4.74 Å². The summed E-state index contributed by atoms with van der Waals surface area (Å²) in [6.07, 6.45) is 0. The molecule has 0 aromatic heterocycles. The molecule has 1 saturated heterocycles. The average Bonchev–Trinajstić information content (AvgIpc) is 2.57. The first-order chi connectivity index (χ1) is 11.5. The lowest BCUT2D eigenvalue weighted by Gasteiger charge is -2.30. The topological polar surface area (TPSA) is 44.8 Å². The molecular formula is C18H29N3O2S. The van der Waals surface area contributed by atoms with Crippen molar-refractivity contribution in [3.63, 3.8) is 0 Å². The van der Waals surface area contributed by atoms with Crippen LogP contribution in [0.1, 0.15) is 12.5 Å². The van der Waals surface area contributed by atoms with Gasteiger partial charge in [-0.3, -0.25) is 4.90 Å². The Labute approximate surface area is 149 Å². The van der Waals surface area contributed by atoms with E-state index in [4.69, 9.17) is 4.74 Å². The summed E-state index contributed by atoms with van der Waals surface area (Å²) in [6.45, 7) is 9.22. The predicted octanol–water partition coefficient (Wildman–Crippen LogP) is 2.45. The fraction of sp³-hybridized carbons (Fsp3) is 0.611. The second-order valence-electron chi connectivity index (χ2n) is 6.35. The number of rotatable bonds is 7. The molecule has 5 nitrogen and oxygen atoms in total. The van der Waals surface area contributed by atoms with Crippen LogP contribution in [-0.4, -0.2) is 74.1 Å². The van der Waals surface area contributed by atoms with Crippen LogP contribution in [0.5, 0.6) is 0 Å². The maximum absolute atomic E-state index is 12.2. The van der Waals surface area contributed by atoms with Gasteiger partial charge in [-0.25, -0.2) is 4.79 Å². The molecule has 1 aliphatic rings. The molecule has 1 aromatic rings. The normalized spacial score (nSPS) is 16.6. The van der Waals surface area contributed by atoms with Gasteiger partial charge in [-0.05, 0) is 26.0 Å². The summed E-state index contributed by atoms with van der Waals surface area (Å²) in [5, 5.41) is 3.08. The highest BCUT2D eigenvalue weighted by molar-refractivity contribution is 7.99. The Kier molecular flexibility index (Phi) is 7.88. The molecule has 1 aliphatic heterocycles. The second kappa shape index (κ2) is 9.91. The number of carbonyl (C=O) groups excluding carboxylic acids is 1. The van der Waals surface area contributed by atoms with Crippen molar-refractivity contribution in [3.05, 3.63) is 29.8 Å². The average molecular weight is 352 g/mol. The minimum Gasteiger partial charge on any atom is -0.379 e. The van der Waals surface area contributed by atoms with Crippen LogP contribution >= 0.6 is 11.8 Å². The summed E-state index contributed by atoms with van der Waals surface area (Å²) < 4.78 is 5.35. The van der Waals surface area contributed by atoms with E-state index >= 15 is 0 Å². The van der Waals surface area contributed by atoms with E-state index in [9.17, 15) is 4.79 Å². The number of amides is 2. The summed E-state index contributed by atoms with van der Waals surface area (Å²) in [5.41, 5.74) is 1.27. The van der Waals surface area contributed by atoms with E-state index < -0.39 is 0 Å². The van der Waals surface area contributed by atoms with Gasteiger partial charge in [-0.2, -0.15) is 0 Å². The molecule has 0 aliphatic carbocycles. The Morgan fingerprint density at radius 1 is 1.33 bits per heavy atom. The molecule has 134 valence electrons. The third kappa shape index (κ3) is 6.71. The summed E-state index contributed by atoms with van der Waals surface area (Å²) in [6, 6.07) is 8.63. The number of hydrogen-bond acceptors (Lipinski definition) is 4. The summed E-state index contributed by atoms with van der Waals surface area (Å²) in [7, 11) is 1.85. The number of thioether (sulfide) groups is 1. The highest BCUT2D eigenvalue weighted by Crippen LogP contribution is 2.18. The first-order valence-electron chi connectivity index (χ1n) is 8.56. The van der Waals surface area contributed by atoms with Crippen molar-refractivity contribution < 1.29 is 9.53 Å². The third-order valence-electron chi connectivity index (χ3n) is 4.07. The standard InChI is InChI=1S/C18H29N3O2S/c1-15-4-6-17(7-5-15)24-13-10-20(3)18(22)19-16(2)14-21-8-11-23-12-9-21/h4-7,16H,8-14H2,1-3H3,(H,19,22)/t16-/m0/s1. The van der Waals surface area contributed by atoms with Crippen LogP contribution in [0.15, 0.2) is 29.2 Å². The van der Waals surface area contributed by atoms with Gasteiger partial charge in [-0.15, -0.1) is 11.8 Å². The lowest BCUT2D eigenvalue weighted by molar-refractivity contribution is 0.0347. The van der Waals surface area contributed by atoms with E-state index in [-0.39, 0.29) is 12.1 Å².